The maximum atomic E-state index is 4.00. The average molecular weight is 672 g/mol. The molecule has 0 amide bonds. The van der Waals surface area contributed by atoms with E-state index in [1.165, 1.54) is 73.2 Å². The van der Waals surface area contributed by atoms with Crippen molar-refractivity contribution in [1.82, 2.24) is 0 Å². The molecule has 0 heterocycles. The summed E-state index contributed by atoms with van der Waals surface area (Å²) in [5.74, 6) is 0. The van der Waals surface area contributed by atoms with Gasteiger partial charge in [0.05, 0.1) is 5.41 Å². The van der Waals surface area contributed by atoms with Crippen molar-refractivity contribution in [2.75, 3.05) is 5.32 Å². The van der Waals surface area contributed by atoms with Crippen LogP contribution in [0.4, 0.5) is 11.4 Å². The van der Waals surface area contributed by atoms with Crippen molar-refractivity contribution >= 4 is 11.4 Å². The molecule has 0 radical (unpaired) electrons. The molecule has 254 valence electrons. The van der Waals surface area contributed by atoms with Gasteiger partial charge in [0, 0.05) is 16.9 Å². The summed E-state index contributed by atoms with van der Waals surface area (Å²) in [5.41, 5.74) is 17.6. The molecule has 0 bridgehead atoms. The predicted molar refractivity (Wildman–Crippen MR) is 220 cm³/mol. The van der Waals surface area contributed by atoms with Gasteiger partial charge < -0.3 is 5.32 Å². The Kier molecular flexibility index (Phi) is 7.59. The summed E-state index contributed by atoms with van der Waals surface area (Å²) in [4.78, 5) is 0. The fraction of sp³-hybridized carbons (Fsp3) is 0.176. The van der Waals surface area contributed by atoms with Gasteiger partial charge in [-0.3, -0.25) is 0 Å². The van der Waals surface area contributed by atoms with Crippen LogP contribution in [0.15, 0.2) is 170 Å². The van der Waals surface area contributed by atoms with Gasteiger partial charge in [0.1, 0.15) is 0 Å². The average Bonchev–Trinajstić information content (AvgIpc) is 3.47. The Morgan fingerprint density at radius 3 is 1.62 bits per heavy atom. The largest absolute Gasteiger partial charge is 0.355 e. The van der Waals surface area contributed by atoms with E-state index in [-0.39, 0.29) is 10.8 Å². The lowest BCUT2D eigenvalue weighted by Gasteiger charge is -2.43. The number of fused-ring (bicyclic) bond motifs is 4. The molecular formula is C51H45N. The van der Waals surface area contributed by atoms with Crippen LogP contribution in [0, 0.1) is 0 Å². The minimum absolute atomic E-state index is 0.0464. The van der Waals surface area contributed by atoms with Crippen LogP contribution in [0.25, 0.3) is 33.4 Å². The Bertz CT molecular complexity index is 2360. The molecule has 0 atom stereocenters. The van der Waals surface area contributed by atoms with Crippen LogP contribution >= 0.6 is 0 Å². The molecule has 0 aromatic heterocycles. The first-order valence-electron chi connectivity index (χ1n) is 18.7. The predicted octanol–water partition coefficient (Wildman–Crippen LogP) is 13.5. The monoisotopic (exact) mass is 671 g/mol. The summed E-state index contributed by atoms with van der Waals surface area (Å²) < 4.78 is 0. The van der Waals surface area contributed by atoms with Crippen molar-refractivity contribution in [3.63, 3.8) is 0 Å². The summed E-state index contributed by atoms with van der Waals surface area (Å²) in [6.45, 7) is 9.73. The van der Waals surface area contributed by atoms with Crippen molar-refractivity contribution in [3.8, 4) is 33.4 Å². The lowest BCUT2D eigenvalue weighted by atomic mass is 9.61. The Balaban J connectivity index is 1.33. The fourth-order valence-corrected chi connectivity index (χ4v) is 9.30. The molecule has 1 N–H and O–H groups in total. The molecule has 2 aliphatic rings. The Hall–Kier alpha value is -5.66. The third-order valence-corrected chi connectivity index (χ3v) is 12.0. The third-order valence-electron chi connectivity index (χ3n) is 12.0. The van der Waals surface area contributed by atoms with E-state index in [2.05, 4.69) is 203 Å². The highest BCUT2D eigenvalue weighted by molar-refractivity contribution is 5.95. The van der Waals surface area contributed by atoms with E-state index in [4.69, 9.17) is 0 Å². The summed E-state index contributed by atoms with van der Waals surface area (Å²) in [5, 5.41) is 4.00. The van der Waals surface area contributed by atoms with Crippen LogP contribution in [0.3, 0.4) is 0 Å². The highest BCUT2D eigenvalue weighted by Crippen LogP contribution is 2.59. The molecule has 0 unspecified atom stereocenters. The van der Waals surface area contributed by atoms with Gasteiger partial charge in [-0.1, -0.05) is 173 Å². The van der Waals surface area contributed by atoms with Gasteiger partial charge in [0.25, 0.3) is 0 Å². The van der Waals surface area contributed by atoms with E-state index in [9.17, 15) is 0 Å². The number of anilines is 2. The number of nitrogens with one attached hydrogen (secondary N) is 1. The van der Waals surface area contributed by atoms with Gasteiger partial charge in [-0.25, -0.2) is 0 Å². The molecular weight excluding hydrogens is 627 g/mol. The Labute approximate surface area is 309 Å². The second-order valence-electron chi connectivity index (χ2n) is 16.0. The minimum atomic E-state index is -0.474. The van der Waals surface area contributed by atoms with Gasteiger partial charge in [-0.05, 0) is 109 Å². The maximum absolute atomic E-state index is 4.00. The molecule has 7 aromatic rings. The smallest absolute Gasteiger partial charge is 0.0714 e. The fourth-order valence-electron chi connectivity index (χ4n) is 9.30. The standard InChI is InChI=1S/C51H45N/c1-49(2)31-32-50(3,4)48-41(24-16-26-45(48)49)43-33-42-40-23-14-15-25-44(40)51(37-19-10-6-11-20-37,38-21-12-7-13-22-38)46(42)34-47(43)52-39-29-27-36(28-30-39)35-17-8-5-9-18-35/h5-30,33-34,52H,31-32H2,1-4H3. The summed E-state index contributed by atoms with van der Waals surface area (Å²) in [6.07, 6.45) is 2.34. The van der Waals surface area contributed by atoms with Crippen molar-refractivity contribution < 1.29 is 0 Å². The van der Waals surface area contributed by atoms with E-state index in [1.54, 1.807) is 0 Å². The van der Waals surface area contributed by atoms with Gasteiger partial charge in [0.15, 0.2) is 0 Å². The summed E-state index contributed by atoms with van der Waals surface area (Å²) >= 11 is 0. The van der Waals surface area contributed by atoms with Gasteiger partial charge >= 0.3 is 0 Å². The lowest BCUT2D eigenvalue weighted by Crippen LogP contribution is -2.34. The molecule has 7 aromatic carbocycles. The second-order valence-corrected chi connectivity index (χ2v) is 16.0. The van der Waals surface area contributed by atoms with Crippen LogP contribution in [0.2, 0.25) is 0 Å². The lowest BCUT2D eigenvalue weighted by molar-refractivity contribution is 0.333. The van der Waals surface area contributed by atoms with Crippen LogP contribution in [0.5, 0.6) is 0 Å². The Morgan fingerprint density at radius 1 is 0.404 bits per heavy atom. The van der Waals surface area contributed by atoms with E-state index >= 15 is 0 Å². The molecule has 52 heavy (non-hydrogen) atoms. The summed E-state index contributed by atoms with van der Waals surface area (Å²) in [7, 11) is 0. The molecule has 9 rings (SSSR count). The molecule has 1 heteroatoms. The number of rotatable bonds is 6. The first kappa shape index (κ1) is 32.3. The molecule has 0 fully saturated rings. The highest BCUT2D eigenvalue weighted by atomic mass is 14.9. The van der Waals surface area contributed by atoms with Gasteiger partial charge in [-0.2, -0.15) is 0 Å². The first-order valence-corrected chi connectivity index (χ1v) is 18.7. The number of benzene rings is 7. The molecule has 0 saturated heterocycles. The quantitative estimate of drug-likeness (QED) is 0.185. The van der Waals surface area contributed by atoms with E-state index in [0.717, 1.165) is 17.8 Å². The van der Waals surface area contributed by atoms with E-state index < -0.39 is 5.41 Å². The minimum Gasteiger partial charge on any atom is -0.355 e. The first-order chi connectivity index (χ1) is 25.3. The highest BCUT2D eigenvalue weighted by Gasteiger charge is 2.47. The number of hydrogen-bond donors (Lipinski definition) is 1. The Morgan fingerprint density at radius 2 is 0.942 bits per heavy atom. The van der Waals surface area contributed by atoms with Gasteiger partial charge in [0.2, 0.25) is 0 Å². The zero-order valence-electron chi connectivity index (χ0n) is 30.6. The molecule has 0 aliphatic heterocycles. The van der Waals surface area contributed by atoms with Crippen molar-refractivity contribution in [2.45, 2.75) is 56.8 Å². The molecule has 1 nitrogen and oxygen atoms in total. The molecule has 2 aliphatic carbocycles. The zero-order chi connectivity index (χ0) is 35.5. The molecule has 0 spiro atoms. The van der Waals surface area contributed by atoms with Crippen LogP contribution in [0.1, 0.15) is 73.9 Å². The van der Waals surface area contributed by atoms with Crippen LogP contribution < -0.4 is 5.32 Å². The van der Waals surface area contributed by atoms with Crippen molar-refractivity contribution in [3.05, 3.63) is 203 Å². The van der Waals surface area contributed by atoms with E-state index in [0.29, 0.717) is 0 Å². The normalized spacial score (nSPS) is 16.0. The van der Waals surface area contributed by atoms with Crippen LogP contribution in [-0.2, 0) is 16.2 Å². The molecule has 0 saturated carbocycles. The zero-order valence-corrected chi connectivity index (χ0v) is 30.6. The summed E-state index contributed by atoms with van der Waals surface area (Å²) in [6, 6.07) is 62.9. The second kappa shape index (κ2) is 12.2. The third kappa shape index (κ3) is 5.06. The van der Waals surface area contributed by atoms with Crippen LogP contribution in [-0.4, -0.2) is 0 Å². The topological polar surface area (TPSA) is 12.0 Å². The SMILES string of the molecule is CC1(C)CCC(C)(C)c2c(-c3cc4c(cc3Nc3ccc(-c5ccccc5)cc3)C(c3ccccc3)(c3ccccc3)c3ccccc3-4)cccc21. The van der Waals surface area contributed by atoms with Gasteiger partial charge in [-0.15, -0.1) is 0 Å². The van der Waals surface area contributed by atoms with Crippen molar-refractivity contribution in [2.24, 2.45) is 0 Å². The van der Waals surface area contributed by atoms with E-state index in [1.807, 2.05) is 0 Å². The van der Waals surface area contributed by atoms with Crippen molar-refractivity contribution in [1.29, 1.82) is 0 Å². The number of hydrogen-bond acceptors (Lipinski definition) is 1. The maximum Gasteiger partial charge on any atom is 0.0714 e.